The number of nitrogens with one attached hydrogen (secondary N) is 1. The molecule has 20 heavy (non-hydrogen) atoms. The van der Waals surface area contributed by atoms with Gasteiger partial charge in [0.2, 0.25) is 0 Å². The number of benzene rings is 1. The van der Waals surface area contributed by atoms with E-state index >= 15 is 0 Å². The molecule has 1 heterocycles. The van der Waals surface area contributed by atoms with Crippen LogP contribution in [-0.4, -0.2) is 23.4 Å². The summed E-state index contributed by atoms with van der Waals surface area (Å²) in [6, 6.07) is 8.35. The minimum atomic E-state index is 0.140. The minimum absolute atomic E-state index is 0.140. The molecule has 0 spiro atoms. The molecule has 0 aliphatic carbocycles. The van der Waals surface area contributed by atoms with Gasteiger partial charge in [-0.2, -0.15) is 5.10 Å². The molecule has 4 nitrogen and oxygen atoms in total. The molecule has 2 rings (SSSR count). The van der Waals surface area contributed by atoms with Gasteiger partial charge >= 0.3 is 0 Å². The Balaban J connectivity index is 2.24. The van der Waals surface area contributed by atoms with Crippen LogP contribution in [0.4, 0.5) is 0 Å². The van der Waals surface area contributed by atoms with E-state index in [0.29, 0.717) is 6.61 Å². The average Bonchev–Trinajstić information content (AvgIpc) is 2.89. The van der Waals surface area contributed by atoms with Crippen LogP contribution in [0.2, 0.25) is 0 Å². The molecule has 0 bridgehead atoms. The minimum Gasteiger partial charge on any atom is -0.494 e. The Labute approximate surface area is 120 Å². The van der Waals surface area contributed by atoms with Gasteiger partial charge in [-0.15, -0.1) is 0 Å². The van der Waals surface area contributed by atoms with E-state index < -0.39 is 0 Å². The number of rotatable bonds is 7. The third-order valence-electron chi connectivity index (χ3n) is 3.23. The molecule has 1 atom stereocenters. The van der Waals surface area contributed by atoms with Crippen molar-refractivity contribution in [1.29, 1.82) is 0 Å². The van der Waals surface area contributed by atoms with Crippen molar-refractivity contribution in [3.8, 4) is 5.75 Å². The molecule has 0 amide bonds. The number of nitrogens with zero attached hydrogens (tertiary/aromatic N) is 2. The first kappa shape index (κ1) is 14.6. The molecule has 0 aliphatic heterocycles. The molecule has 1 aromatic heterocycles. The SMILES string of the molecule is CCCn1cc(C(NC)c2cccc(OCC)c2)cn1. The first-order valence-electron chi connectivity index (χ1n) is 7.20. The van der Waals surface area contributed by atoms with Crippen molar-refractivity contribution in [3.63, 3.8) is 0 Å². The summed E-state index contributed by atoms with van der Waals surface area (Å²) in [6.45, 7) is 5.79. The summed E-state index contributed by atoms with van der Waals surface area (Å²) in [5, 5.41) is 7.75. The van der Waals surface area contributed by atoms with Gasteiger partial charge in [0.25, 0.3) is 0 Å². The second-order valence-corrected chi connectivity index (χ2v) is 4.76. The highest BCUT2D eigenvalue weighted by atomic mass is 16.5. The fourth-order valence-electron chi connectivity index (χ4n) is 2.36. The van der Waals surface area contributed by atoms with E-state index in [-0.39, 0.29) is 6.04 Å². The van der Waals surface area contributed by atoms with Crippen molar-refractivity contribution in [2.75, 3.05) is 13.7 Å². The fraction of sp³-hybridized carbons (Fsp3) is 0.438. The fourth-order valence-corrected chi connectivity index (χ4v) is 2.36. The van der Waals surface area contributed by atoms with Crippen LogP contribution in [0.1, 0.15) is 37.4 Å². The van der Waals surface area contributed by atoms with Crippen LogP contribution in [0.15, 0.2) is 36.7 Å². The molecule has 1 unspecified atom stereocenters. The lowest BCUT2D eigenvalue weighted by Crippen LogP contribution is -2.17. The Hall–Kier alpha value is -1.81. The van der Waals surface area contributed by atoms with Crippen molar-refractivity contribution in [2.24, 2.45) is 0 Å². The van der Waals surface area contributed by atoms with Crippen molar-refractivity contribution < 1.29 is 4.74 Å². The van der Waals surface area contributed by atoms with Crippen LogP contribution in [-0.2, 0) is 6.54 Å². The van der Waals surface area contributed by atoms with E-state index in [2.05, 4.69) is 35.7 Å². The van der Waals surface area contributed by atoms with Crippen LogP contribution >= 0.6 is 0 Å². The summed E-state index contributed by atoms with van der Waals surface area (Å²) in [5.74, 6) is 0.909. The van der Waals surface area contributed by atoms with Crippen molar-refractivity contribution in [3.05, 3.63) is 47.8 Å². The van der Waals surface area contributed by atoms with E-state index in [1.165, 1.54) is 11.1 Å². The maximum Gasteiger partial charge on any atom is 0.119 e. The molecule has 4 heteroatoms. The zero-order valence-electron chi connectivity index (χ0n) is 12.5. The van der Waals surface area contributed by atoms with Crippen molar-refractivity contribution in [2.45, 2.75) is 32.9 Å². The van der Waals surface area contributed by atoms with Gasteiger partial charge in [-0.3, -0.25) is 4.68 Å². The molecular formula is C16H23N3O. The molecule has 1 aromatic carbocycles. The van der Waals surface area contributed by atoms with Crippen LogP contribution in [0, 0.1) is 0 Å². The number of hydrogen-bond acceptors (Lipinski definition) is 3. The van der Waals surface area contributed by atoms with Gasteiger partial charge in [0.1, 0.15) is 5.75 Å². The van der Waals surface area contributed by atoms with Crippen LogP contribution < -0.4 is 10.1 Å². The Morgan fingerprint density at radius 3 is 2.85 bits per heavy atom. The first-order valence-corrected chi connectivity index (χ1v) is 7.20. The van der Waals surface area contributed by atoms with E-state index in [1.807, 2.05) is 37.0 Å². The normalized spacial score (nSPS) is 12.3. The predicted octanol–water partition coefficient (Wildman–Crippen LogP) is 3.00. The molecule has 108 valence electrons. The number of hydrogen-bond donors (Lipinski definition) is 1. The predicted molar refractivity (Wildman–Crippen MR) is 81.0 cm³/mol. The molecular weight excluding hydrogens is 250 g/mol. The highest BCUT2D eigenvalue weighted by Gasteiger charge is 2.14. The summed E-state index contributed by atoms with van der Waals surface area (Å²) < 4.78 is 7.56. The Kier molecular flexibility index (Phi) is 5.18. The van der Waals surface area contributed by atoms with Crippen molar-refractivity contribution in [1.82, 2.24) is 15.1 Å². The topological polar surface area (TPSA) is 39.1 Å². The van der Waals surface area contributed by atoms with Gasteiger partial charge in [0.05, 0.1) is 18.8 Å². The summed E-state index contributed by atoms with van der Waals surface area (Å²) in [7, 11) is 1.97. The van der Waals surface area contributed by atoms with Gasteiger partial charge in [-0.1, -0.05) is 19.1 Å². The van der Waals surface area contributed by atoms with Gasteiger partial charge in [0.15, 0.2) is 0 Å². The van der Waals surface area contributed by atoms with Gasteiger partial charge < -0.3 is 10.1 Å². The lowest BCUT2D eigenvalue weighted by Gasteiger charge is -2.16. The highest BCUT2D eigenvalue weighted by Crippen LogP contribution is 2.24. The largest absolute Gasteiger partial charge is 0.494 e. The average molecular weight is 273 g/mol. The maximum atomic E-state index is 5.57. The molecule has 0 aliphatic rings. The Morgan fingerprint density at radius 2 is 2.15 bits per heavy atom. The first-order chi connectivity index (χ1) is 9.78. The number of ether oxygens (including phenoxy) is 1. The van der Waals surface area contributed by atoms with Gasteiger partial charge in [0, 0.05) is 18.3 Å². The van der Waals surface area contributed by atoms with E-state index in [1.54, 1.807) is 0 Å². The summed E-state index contributed by atoms with van der Waals surface area (Å²) in [5.41, 5.74) is 2.36. The third-order valence-corrected chi connectivity index (χ3v) is 3.23. The molecule has 0 saturated heterocycles. The van der Waals surface area contributed by atoms with E-state index in [0.717, 1.165) is 18.7 Å². The van der Waals surface area contributed by atoms with Crippen LogP contribution in [0.5, 0.6) is 5.75 Å². The third kappa shape index (κ3) is 3.39. The second-order valence-electron chi connectivity index (χ2n) is 4.76. The number of aryl methyl sites for hydroxylation is 1. The zero-order valence-corrected chi connectivity index (χ0v) is 12.5. The summed E-state index contributed by atoms with van der Waals surface area (Å²) in [6.07, 6.45) is 5.13. The van der Waals surface area contributed by atoms with Crippen molar-refractivity contribution >= 4 is 0 Å². The molecule has 1 N–H and O–H groups in total. The quantitative estimate of drug-likeness (QED) is 0.843. The van der Waals surface area contributed by atoms with E-state index in [9.17, 15) is 0 Å². The lowest BCUT2D eigenvalue weighted by molar-refractivity contribution is 0.339. The standard InChI is InChI=1S/C16H23N3O/c1-4-9-19-12-14(11-18-19)16(17-3)13-7-6-8-15(10-13)20-5-2/h6-8,10-12,16-17H,4-5,9H2,1-3H3. The number of aromatic nitrogens is 2. The highest BCUT2D eigenvalue weighted by molar-refractivity contribution is 5.35. The Bertz CT molecular complexity index is 536. The van der Waals surface area contributed by atoms with Gasteiger partial charge in [-0.05, 0) is 38.1 Å². The molecule has 0 fully saturated rings. The van der Waals surface area contributed by atoms with Crippen LogP contribution in [0.3, 0.4) is 0 Å². The molecule has 0 saturated carbocycles. The summed E-state index contributed by atoms with van der Waals surface area (Å²) >= 11 is 0. The maximum absolute atomic E-state index is 5.57. The summed E-state index contributed by atoms with van der Waals surface area (Å²) in [4.78, 5) is 0. The second kappa shape index (κ2) is 7.10. The lowest BCUT2D eigenvalue weighted by atomic mass is 10.0. The van der Waals surface area contributed by atoms with E-state index in [4.69, 9.17) is 4.74 Å². The Morgan fingerprint density at radius 1 is 1.30 bits per heavy atom. The van der Waals surface area contributed by atoms with Gasteiger partial charge in [-0.25, -0.2) is 0 Å². The zero-order chi connectivity index (χ0) is 14.4. The monoisotopic (exact) mass is 273 g/mol. The molecule has 0 radical (unpaired) electrons. The molecule has 2 aromatic rings. The van der Waals surface area contributed by atoms with Crippen LogP contribution in [0.25, 0.3) is 0 Å². The smallest absolute Gasteiger partial charge is 0.119 e.